The van der Waals surface area contributed by atoms with Crippen molar-refractivity contribution in [2.45, 2.75) is 62.3 Å². The van der Waals surface area contributed by atoms with Crippen molar-refractivity contribution in [3.8, 4) is 0 Å². The zero-order valence-electron chi connectivity index (χ0n) is 26.0. The van der Waals surface area contributed by atoms with E-state index >= 15 is 0 Å². The summed E-state index contributed by atoms with van der Waals surface area (Å²) in [5.74, 6) is -0.474. The summed E-state index contributed by atoms with van der Waals surface area (Å²) in [6.45, 7) is 4.69. The van der Waals surface area contributed by atoms with Crippen molar-refractivity contribution in [3.63, 3.8) is 0 Å². The van der Waals surface area contributed by atoms with Crippen LogP contribution < -0.4 is 10.2 Å². The van der Waals surface area contributed by atoms with Crippen LogP contribution in [0.4, 0.5) is 14.6 Å². The standard InChI is InChI=1S/C34H38F2N6O3S/c1-3-4-12-45-34(44)23-7-5-6-22(13-23)19-40-11-10-27(21-40)38-33(43)30-18-37-31-8-9-32(39-42(30)31)41-20-26(36)17-29(41)24-14-25(35)16-28(15-24)46-2/h5-9,13-16,18,26-27,29H,3-4,10-12,17,19-21H2,1-2H3,(H,38,43). The number of hydrogen-bond acceptors (Lipinski definition) is 8. The average molecular weight is 649 g/mol. The Morgan fingerprint density at radius 2 is 2.00 bits per heavy atom. The lowest BCUT2D eigenvalue weighted by molar-refractivity contribution is 0.0499. The Morgan fingerprint density at radius 3 is 2.83 bits per heavy atom. The second kappa shape index (κ2) is 14.2. The number of fused-ring (bicyclic) bond motifs is 1. The number of ether oxygens (including phenoxy) is 1. The van der Waals surface area contributed by atoms with Crippen LogP contribution in [0.5, 0.6) is 0 Å². The maximum Gasteiger partial charge on any atom is 0.338 e. The normalized spacial score (nSPS) is 20.0. The number of aromatic nitrogens is 3. The number of anilines is 1. The molecule has 2 fully saturated rings. The number of esters is 1. The second-order valence-corrected chi connectivity index (χ2v) is 12.8. The molecule has 3 atom stereocenters. The Morgan fingerprint density at radius 1 is 1.13 bits per heavy atom. The minimum absolute atomic E-state index is 0.0720. The molecule has 46 heavy (non-hydrogen) atoms. The third-order valence-electron chi connectivity index (χ3n) is 8.55. The lowest BCUT2D eigenvalue weighted by Crippen LogP contribution is -2.37. The number of imidazole rings is 1. The van der Waals surface area contributed by atoms with Gasteiger partial charge in [0.1, 0.15) is 17.8 Å². The van der Waals surface area contributed by atoms with Crippen LogP contribution in [-0.2, 0) is 11.3 Å². The van der Waals surface area contributed by atoms with Gasteiger partial charge in [-0.05, 0) is 72.7 Å². The van der Waals surface area contributed by atoms with E-state index in [0.717, 1.165) is 36.3 Å². The summed E-state index contributed by atoms with van der Waals surface area (Å²) >= 11 is 1.43. The predicted molar refractivity (Wildman–Crippen MR) is 174 cm³/mol. The fourth-order valence-corrected chi connectivity index (χ4v) is 6.71. The van der Waals surface area contributed by atoms with E-state index in [0.29, 0.717) is 42.3 Å². The number of halogens is 2. The summed E-state index contributed by atoms with van der Waals surface area (Å²) < 4.78 is 36.0. The Kier molecular flexibility index (Phi) is 9.83. The summed E-state index contributed by atoms with van der Waals surface area (Å²) in [7, 11) is 0. The minimum atomic E-state index is -1.10. The molecule has 3 unspecified atom stereocenters. The molecule has 0 bridgehead atoms. The van der Waals surface area contributed by atoms with E-state index in [4.69, 9.17) is 9.84 Å². The van der Waals surface area contributed by atoms with Crippen molar-refractivity contribution in [1.29, 1.82) is 0 Å². The zero-order chi connectivity index (χ0) is 32.2. The number of carbonyl (C=O) groups excluding carboxylic acids is 2. The molecule has 6 rings (SSSR count). The molecule has 2 saturated heterocycles. The fraction of sp³-hybridized carbons (Fsp3) is 0.412. The average Bonchev–Trinajstić information content (AvgIpc) is 3.79. The van der Waals surface area contributed by atoms with Gasteiger partial charge in [0.05, 0.1) is 31.0 Å². The van der Waals surface area contributed by atoms with E-state index in [2.05, 4.69) is 22.1 Å². The SMILES string of the molecule is CCCCOC(=O)c1cccc(CN2CCC(NC(=O)c3cnc4ccc(N5CC(F)CC5c5cc(F)cc(SC)c5)nn34)C2)c1. The van der Waals surface area contributed by atoms with Crippen molar-refractivity contribution in [1.82, 2.24) is 24.8 Å². The topological polar surface area (TPSA) is 92.1 Å². The van der Waals surface area contributed by atoms with E-state index in [-0.39, 0.29) is 48.4 Å². The third kappa shape index (κ3) is 7.18. The van der Waals surface area contributed by atoms with Crippen LogP contribution in [-0.4, -0.2) is 76.1 Å². The Bertz CT molecular complexity index is 1720. The number of alkyl halides is 1. The van der Waals surface area contributed by atoms with E-state index in [1.165, 1.54) is 34.6 Å². The summed E-state index contributed by atoms with van der Waals surface area (Å²) in [6.07, 6.45) is 5.08. The molecule has 1 N–H and O–H groups in total. The maximum atomic E-state index is 14.8. The van der Waals surface area contributed by atoms with Gasteiger partial charge in [0.2, 0.25) is 0 Å². The molecule has 4 heterocycles. The number of nitrogens with one attached hydrogen (secondary N) is 1. The van der Waals surface area contributed by atoms with Gasteiger partial charge >= 0.3 is 5.97 Å². The monoisotopic (exact) mass is 648 g/mol. The van der Waals surface area contributed by atoms with Gasteiger partial charge in [0, 0.05) is 37.0 Å². The lowest BCUT2D eigenvalue weighted by Gasteiger charge is -2.26. The highest BCUT2D eigenvalue weighted by atomic mass is 32.2. The summed E-state index contributed by atoms with van der Waals surface area (Å²) in [4.78, 5) is 35.1. The Balaban J connectivity index is 1.12. The molecule has 0 saturated carbocycles. The molecule has 4 aromatic rings. The molecule has 2 aliphatic heterocycles. The first-order valence-electron chi connectivity index (χ1n) is 15.7. The molecule has 0 spiro atoms. The number of hydrogen-bond donors (Lipinski definition) is 1. The van der Waals surface area contributed by atoms with E-state index in [1.807, 2.05) is 35.4 Å². The van der Waals surface area contributed by atoms with Crippen molar-refractivity contribution in [3.05, 3.63) is 89.0 Å². The number of carbonyl (C=O) groups is 2. The molecule has 9 nitrogen and oxygen atoms in total. The number of thioether (sulfide) groups is 1. The van der Waals surface area contributed by atoms with Crippen LogP contribution in [0.25, 0.3) is 5.65 Å². The van der Waals surface area contributed by atoms with E-state index in [1.54, 1.807) is 18.2 Å². The number of rotatable bonds is 11. The van der Waals surface area contributed by atoms with Crippen LogP contribution in [0.1, 0.15) is 70.6 Å². The third-order valence-corrected chi connectivity index (χ3v) is 9.25. The second-order valence-electron chi connectivity index (χ2n) is 11.9. The highest BCUT2D eigenvalue weighted by Gasteiger charge is 2.35. The van der Waals surface area contributed by atoms with Gasteiger partial charge in [-0.3, -0.25) is 9.69 Å². The Hall–Kier alpha value is -4.03. The minimum Gasteiger partial charge on any atom is -0.462 e. The molecule has 242 valence electrons. The number of amides is 1. The van der Waals surface area contributed by atoms with Crippen LogP contribution in [0.15, 0.2) is 65.7 Å². The molecule has 0 radical (unpaired) electrons. The molecule has 2 aliphatic rings. The number of likely N-dealkylation sites (tertiary alicyclic amines) is 1. The van der Waals surface area contributed by atoms with Crippen LogP contribution in [0, 0.1) is 5.82 Å². The van der Waals surface area contributed by atoms with Crippen LogP contribution in [0.2, 0.25) is 0 Å². The van der Waals surface area contributed by atoms with E-state index < -0.39 is 6.17 Å². The lowest BCUT2D eigenvalue weighted by atomic mass is 10.0. The van der Waals surface area contributed by atoms with Gasteiger partial charge in [-0.2, -0.15) is 0 Å². The molecular formula is C34H38F2N6O3S. The highest BCUT2D eigenvalue weighted by molar-refractivity contribution is 7.98. The summed E-state index contributed by atoms with van der Waals surface area (Å²) in [5, 5.41) is 7.83. The van der Waals surface area contributed by atoms with Crippen molar-refractivity contribution >= 4 is 35.1 Å². The van der Waals surface area contributed by atoms with Crippen molar-refractivity contribution < 1.29 is 23.1 Å². The summed E-state index contributed by atoms with van der Waals surface area (Å²) in [5.41, 5.74) is 3.03. The molecular weight excluding hydrogens is 610 g/mol. The molecule has 12 heteroatoms. The quantitative estimate of drug-likeness (QED) is 0.123. The summed E-state index contributed by atoms with van der Waals surface area (Å²) in [6, 6.07) is 15.4. The van der Waals surface area contributed by atoms with Gasteiger partial charge in [-0.15, -0.1) is 16.9 Å². The van der Waals surface area contributed by atoms with Crippen molar-refractivity contribution in [2.24, 2.45) is 0 Å². The number of benzene rings is 2. The molecule has 1 amide bonds. The van der Waals surface area contributed by atoms with E-state index in [9.17, 15) is 18.4 Å². The zero-order valence-corrected chi connectivity index (χ0v) is 26.8. The first-order chi connectivity index (χ1) is 22.3. The van der Waals surface area contributed by atoms with Gasteiger partial charge < -0.3 is 15.0 Å². The predicted octanol–water partition coefficient (Wildman–Crippen LogP) is 5.84. The maximum absolute atomic E-state index is 14.8. The number of unbranched alkanes of at least 4 members (excludes halogenated alkanes) is 1. The van der Waals surface area contributed by atoms with Gasteiger partial charge in [-0.1, -0.05) is 25.5 Å². The largest absolute Gasteiger partial charge is 0.462 e. The smallest absolute Gasteiger partial charge is 0.338 e. The Labute approximate surface area is 271 Å². The van der Waals surface area contributed by atoms with Gasteiger partial charge in [-0.25, -0.2) is 23.1 Å². The fourth-order valence-electron chi connectivity index (χ4n) is 6.22. The highest BCUT2D eigenvalue weighted by Crippen LogP contribution is 2.38. The molecule has 0 aliphatic carbocycles. The molecule has 2 aromatic carbocycles. The molecule has 2 aromatic heterocycles. The first kappa shape index (κ1) is 31.9. The van der Waals surface area contributed by atoms with Crippen LogP contribution >= 0.6 is 11.8 Å². The van der Waals surface area contributed by atoms with Gasteiger partial charge in [0.15, 0.2) is 11.3 Å². The number of nitrogens with zero attached hydrogens (tertiary/aromatic N) is 5. The van der Waals surface area contributed by atoms with Crippen LogP contribution in [0.3, 0.4) is 0 Å². The van der Waals surface area contributed by atoms with Crippen molar-refractivity contribution in [2.75, 3.05) is 37.4 Å². The first-order valence-corrected chi connectivity index (χ1v) is 16.9. The van der Waals surface area contributed by atoms with Gasteiger partial charge in [0.25, 0.3) is 5.91 Å².